The number of ether oxygens (including phenoxy) is 2. The Morgan fingerprint density at radius 1 is 0.941 bits per heavy atom. The second-order valence-electron chi connectivity index (χ2n) is 7.65. The number of nitrogens with zero attached hydrogens (tertiary/aromatic N) is 1. The Morgan fingerprint density at radius 3 is 2.50 bits per heavy atom. The van der Waals surface area contributed by atoms with Crippen molar-refractivity contribution in [3.8, 4) is 11.5 Å². The third kappa shape index (κ3) is 5.74. The molecule has 0 aliphatic rings. The standard InChI is InChI=1S/C28H25ClN2O3/c1-2-17-33-23-14-11-21(12-15-23)28(32)31-30-18-25-24-9-5-3-7-20(24)13-16-27(25)34-19-22-8-4-6-10-26(22)29/h3-16,18H,2,17,19H2,1H3,(H,31,32)/b30-18+. The third-order valence-electron chi connectivity index (χ3n) is 5.22. The summed E-state index contributed by atoms with van der Waals surface area (Å²) in [5.74, 6) is 1.07. The van der Waals surface area contributed by atoms with Crippen molar-refractivity contribution in [3.05, 3.63) is 107 Å². The molecule has 0 radical (unpaired) electrons. The number of halogens is 1. The highest BCUT2D eigenvalue weighted by Gasteiger charge is 2.10. The first kappa shape index (κ1) is 23.3. The van der Waals surface area contributed by atoms with Crippen LogP contribution in [-0.4, -0.2) is 18.7 Å². The van der Waals surface area contributed by atoms with Crippen LogP contribution in [0.25, 0.3) is 10.8 Å². The van der Waals surface area contributed by atoms with Crippen molar-refractivity contribution in [3.63, 3.8) is 0 Å². The maximum Gasteiger partial charge on any atom is 0.271 e. The van der Waals surface area contributed by atoms with Crippen LogP contribution in [0.2, 0.25) is 5.02 Å². The zero-order valence-electron chi connectivity index (χ0n) is 18.8. The van der Waals surface area contributed by atoms with Gasteiger partial charge in [-0.3, -0.25) is 4.79 Å². The Balaban J connectivity index is 1.52. The molecule has 0 heterocycles. The number of rotatable bonds is 9. The van der Waals surface area contributed by atoms with Gasteiger partial charge in [-0.1, -0.05) is 67.1 Å². The summed E-state index contributed by atoms with van der Waals surface area (Å²) in [5, 5.41) is 6.87. The minimum Gasteiger partial charge on any atom is -0.494 e. The van der Waals surface area contributed by atoms with E-state index in [1.165, 1.54) is 0 Å². The van der Waals surface area contributed by atoms with Crippen molar-refractivity contribution in [2.75, 3.05) is 6.61 Å². The van der Waals surface area contributed by atoms with Crippen LogP contribution in [0.15, 0.2) is 90.0 Å². The molecule has 1 N–H and O–H groups in total. The highest BCUT2D eigenvalue weighted by Crippen LogP contribution is 2.28. The van der Waals surface area contributed by atoms with Crippen molar-refractivity contribution in [1.29, 1.82) is 0 Å². The van der Waals surface area contributed by atoms with Crippen molar-refractivity contribution in [2.45, 2.75) is 20.0 Å². The lowest BCUT2D eigenvalue weighted by Gasteiger charge is -2.12. The van der Waals surface area contributed by atoms with E-state index in [0.29, 0.717) is 29.5 Å². The number of amides is 1. The normalized spacial score (nSPS) is 11.0. The Morgan fingerprint density at radius 2 is 1.71 bits per heavy atom. The first-order valence-corrected chi connectivity index (χ1v) is 11.5. The average Bonchev–Trinajstić information content (AvgIpc) is 2.87. The van der Waals surface area contributed by atoms with Crippen molar-refractivity contribution in [1.82, 2.24) is 5.43 Å². The molecule has 1 amide bonds. The predicted molar refractivity (Wildman–Crippen MR) is 137 cm³/mol. The predicted octanol–water partition coefficient (Wildman–Crippen LogP) is 6.62. The largest absolute Gasteiger partial charge is 0.494 e. The van der Waals surface area contributed by atoms with Gasteiger partial charge in [0, 0.05) is 21.7 Å². The SMILES string of the molecule is CCCOc1ccc(C(=O)N/N=C/c2c(OCc3ccccc3Cl)ccc3ccccc23)cc1. The Labute approximate surface area is 204 Å². The van der Waals surface area contributed by atoms with Crippen molar-refractivity contribution in [2.24, 2.45) is 5.10 Å². The number of hydrogen-bond donors (Lipinski definition) is 1. The molecule has 4 aromatic carbocycles. The smallest absolute Gasteiger partial charge is 0.271 e. The summed E-state index contributed by atoms with van der Waals surface area (Å²) in [6, 6.07) is 26.4. The van der Waals surface area contributed by atoms with E-state index in [1.54, 1.807) is 30.5 Å². The van der Waals surface area contributed by atoms with Crippen LogP contribution >= 0.6 is 11.6 Å². The van der Waals surface area contributed by atoms with Gasteiger partial charge in [-0.05, 0) is 53.6 Å². The molecule has 0 saturated carbocycles. The summed E-state index contributed by atoms with van der Waals surface area (Å²) < 4.78 is 11.7. The number of carbonyl (C=O) groups is 1. The third-order valence-corrected chi connectivity index (χ3v) is 5.59. The van der Waals surface area contributed by atoms with Crippen LogP contribution in [-0.2, 0) is 6.61 Å². The van der Waals surface area contributed by atoms with Crippen LogP contribution in [0, 0.1) is 0 Å². The topological polar surface area (TPSA) is 59.9 Å². The lowest BCUT2D eigenvalue weighted by atomic mass is 10.0. The number of nitrogens with one attached hydrogen (secondary N) is 1. The maximum absolute atomic E-state index is 12.5. The van der Waals surface area contributed by atoms with Gasteiger partial charge in [0.15, 0.2) is 0 Å². The van der Waals surface area contributed by atoms with Crippen LogP contribution in [0.3, 0.4) is 0 Å². The maximum atomic E-state index is 12.5. The fourth-order valence-electron chi connectivity index (χ4n) is 3.45. The lowest BCUT2D eigenvalue weighted by Crippen LogP contribution is -2.17. The van der Waals surface area contributed by atoms with E-state index in [9.17, 15) is 4.79 Å². The summed E-state index contributed by atoms with van der Waals surface area (Å²) in [6.45, 7) is 3.00. The van der Waals surface area contributed by atoms with E-state index in [4.69, 9.17) is 21.1 Å². The first-order valence-electron chi connectivity index (χ1n) is 11.1. The Bertz CT molecular complexity index is 1300. The van der Waals surface area contributed by atoms with Gasteiger partial charge < -0.3 is 9.47 Å². The monoisotopic (exact) mass is 472 g/mol. The highest BCUT2D eigenvalue weighted by atomic mass is 35.5. The molecule has 172 valence electrons. The molecule has 5 nitrogen and oxygen atoms in total. The first-order chi connectivity index (χ1) is 16.7. The molecular formula is C28H25ClN2O3. The zero-order valence-corrected chi connectivity index (χ0v) is 19.6. The van der Waals surface area contributed by atoms with E-state index < -0.39 is 0 Å². The van der Waals surface area contributed by atoms with Gasteiger partial charge in [-0.15, -0.1) is 0 Å². The van der Waals surface area contributed by atoms with Crippen molar-refractivity contribution < 1.29 is 14.3 Å². The van der Waals surface area contributed by atoms with Gasteiger partial charge in [0.2, 0.25) is 0 Å². The van der Waals surface area contributed by atoms with Gasteiger partial charge in [0.1, 0.15) is 18.1 Å². The van der Waals surface area contributed by atoms with Crippen LogP contribution in [0.4, 0.5) is 0 Å². The summed E-state index contributed by atoms with van der Waals surface area (Å²) in [7, 11) is 0. The highest BCUT2D eigenvalue weighted by molar-refractivity contribution is 6.31. The van der Waals surface area contributed by atoms with E-state index in [2.05, 4.69) is 10.5 Å². The van der Waals surface area contributed by atoms with Gasteiger partial charge in [-0.2, -0.15) is 5.10 Å². The minimum absolute atomic E-state index is 0.308. The molecule has 34 heavy (non-hydrogen) atoms. The minimum atomic E-state index is -0.308. The quantitative estimate of drug-likeness (QED) is 0.220. The van der Waals surface area contributed by atoms with E-state index >= 15 is 0 Å². The van der Waals surface area contributed by atoms with Gasteiger partial charge in [0.05, 0.1) is 12.8 Å². The fraction of sp³-hybridized carbons (Fsp3) is 0.143. The summed E-state index contributed by atoms with van der Waals surface area (Å²) >= 11 is 6.27. The molecule has 0 aliphatic heterocycles. The summed E-state index contributed by atoms with van der Waals surface area (Å²) in [6.07, 6.45) is 2.54. The molecule has 0 aromatic heterocycles. The Kier molecular flexibility index (Phi) is 7.79. The summed E-state index contributed by atoms with van der Waals surface area (Å²) in [4.78, 5) is 12.5. The molecule has 0 aliphatic carbocycles. The molecule has 0 unspecified atom stereocenters. The number of hydrazone groups is 1. The fourth-order valence-corrected chi connectivity index (χ4v) is 3.64. The lowest BCUT2D eigenvalue weighted by molar-refractivity contribution is 0.0955. The van der Waals surface area contributed by atoms with E-state index in [-0.39, 0.29) is 5.91 Å². The molecule has 0 spiro atoms. The molecule has 0 bridgehead atoms. The molecule has 4 aromatic rings. The second kappa shape index (κ2) is 11.3. The zero-order chi connectivity index (χ0) is 23.8. The number of benzene rings is 4. The molecular weight excluding hydrogens is 448 g/mol. The van der Waals surface area contributed by atoms with E-state index in [1.807, 2.05) is 67.6 Å². The van der Waals surface area contributed by atoms with Gasteiger partial charge >= 0.3 is 0 Å². The average molecular weight is 473 g/mol. The molecule has 0 fully saturated rings. The van der Waals surface area contributed by atoms with Gasteiger partial charge in [0.25, 0.3) is 5.91 Å². The molecule has 0 atom stereocenters. The van der Waals surface area contributed by atoms with Crippen molar-refractivity contribution >= 4 is 34.5 Å². The molecule has 4 rings (SSSR count). The van der Waals surface area contributed by atoms with Crippen LogP contribution < -0.4 is 14.9 Å². The number of carbonyl (C=O) groups excluding carboxylic acids is 1. The number of fused-ring (bicyclic) bond motifs is 1. The van der Waals surface area contributed by atoms with Gasteiger partial charge in [-0.25, -0.2) is 5.43 Å². The Hall–Kier alpha value is -3.83. The molecule has 0 saturated heterocycles. The van der Waals surface area contributed by atoms with E-state index in [0.717, 1.165) is 34.1 Å². The second-order valence-corrected chi connectivity index (χ2v) is 8.06. The van der Waals surface area contributed by atoms with Crippen LogP contribution in [0.5, 0.6) is 11.5 Å². The number of hydrogen-bond acceptors (Lipinski definition) is 4. The summed E-state index contributed by atoms with van der Waals surface area (Å²) in [5.41, 5.74) is 4.75. The van der Waals surface area contributed by atoms with Crippen LogP contribution in [0.1, 0.15) is 34.8 Å². The molecule has 6 heteroatoms.